The van der Waals surface area contributed by atoms with Gasteiger partial charge in [0.05, 0.1) is 9.13 Å². The topological polar surface area (TPSA) is 36.7 Å². The molecule has 0 bridgehead atoms. The molecule has 0 aliphatic rings. The third-order valence-corrected chi connectivity index (χ3v) is 2.31. The number of hydrogen-bond donors (Lipinski definition) is 0. The average molecular weight is 298 g/mol. The minimum atomic E-state index is -2.91. The summed E-state index contributed by atoms with van der Waals surface area (Å²) in [5.41, 5.74) is -0.953. The Kier molecular flexibility index (Phi) is 3.08. The highest BCUT2D eigenvalue weighted by Gasteiger charge is 2.18. The van der Waals surface area contributed by atoms with Crippen LogP contribution >= 0.6 is 22.6 Å². The highest BCUT2D eigenvalue weighted by Crippen LogP contribution is 2.25. The first kappa shape index (κ1) is 10.2. The van der Waals surface area contributed by atoms with Crippen molar-refractivity contribution in [3.63, 3.8) is 0 Å². The van der Waals surface area contributed by atoms with Gasteiger partial charge in [-0.2, -0.15) is 5.26 Å². The predicted molar refractivity (Wildman–Crippen MR) is 46.6 cm³/mol. The molecular weight excluding hydrogens is 296 g/mol. The van der Waals surface area contributed by atoms with Gasteiger partial charge < -0.3 is 0 Å². The summed E-state index contributed by atoms with van der Waals surface area (Å²) in [6, 6.07) is 1.60. The van der Waals surface area contributed by atoms with Crippen LogP contribution in [0.2, 0.25) is 0 Å². The molecule has 0 aliphatic heterocycles. The highest BCUT2D eigenvalue weighted by molar-refractivity contribution is 14.1. The van der Waals surface area contributed by atoms with Crippen molar-refractivity contribution in [3.8, 4) is 6.07 Å². The minimum absolute atomic E-state index is 0.169. The first-order valence-electron chi connectivity index (χ1n) is 3.10. The fourth-order valence-corrected chi connectivity index (χ4v) is 1.28. The molecule has 0 atom stereocenters. The van der Waals surface area contributed by atoms with E-state index in [0.29, 0.717) is 6.20 Å². The van der Waals surface area contributed by atoms with Gasteiger partial charge in [-0.1, -0.05) is 0 Å². The molecule has 13 heavy (non-hydrogen) atoms. The van der Waals surface area contributed by atoms with E-state index in [0.717, 1.165) is 0 Å². The Morgan fingerprint density at radius 3 is 2.62 bits per heavy atom. The summed E-state index contributed by atoms with van der Waals surface area (Å²) in [7, 11) is 0. The lowest BCUT2D eigenvalue weighted by molar-refractivity contribution is 0.145. The summed E-state index contributed by atoms with van der Waals surface area (Å²) in [5.74, 6) is -1.07. The second kappa shape index (κ2) is 3.91. The van der Waals surface area contributed by atoms with Gasteiger partial charge in [0.2, 0.25) is 0 Å². The van der Waals surface area contributed by atoms with Crippen LogP contribution in [0.5, 0.6) is 0 Å². The summed E-state index contributed by atoms with van der Waals surface area (Å²) < 4.78 is 37.0. The third-order valence-electron chi connectivity index (χ3n) is 1.33. The maximum atomic E-state index is 13.0. The molecule has 68 valence electrons. The Morgan fingerprint density at radius 1 is 1.54 bits per heavy atom. The zero-order chi connectivity index (χ0) is 10.0. The lowest BCUT2D eigenvalue weighted by Crippen LogP contribution is -1.99. The van der Waals surface area contributed by atoms with Crippen molar-refractivity contribution in [2.24, 2.45) is 0 Å². The zero-order valence-corrected chi connectivity index (χ0v) is 8.22. The molecule has 1 aromatic rings. The third kappa shape index (κ3) is 1.91. The standard InChI is InChI=1S/C7H2F3IN2/c8-5-3(7(9)10)2-13-4(1-12)6(5)11/h2,7H. The average Bonchev–Trinajstić information content (AvgIpc) is 2.09. The Bertz CT molecular complexity index is 373. The fourth-order valence-electron chi connectivity index (χ4n) is 0.708. The first-order valence-corrected chi connectivity index (χ1v) is 4.18. The quantitative estimate of drug-likeness (QED) is 0.747. The van der Waals surface area contributed by atoms with Crippen LogP contribution in [0, 0.1) is 20.7 Å². The van der Waals surface area contributed by atoms with E-state index in [2.05, 4.69) is 4.98 Å². The van der Waals surface area contributed by atoms with Gasteiger partial charge in [0, 0.05) is 6.20 Å². The van der Waals surface area contributed by atoms with Crippen molar-refractivity contribution in [3.05, 3.63) is 26.8 Å². The number of nitrogens with zero attached hydrogens (tertiary/aromatic N) is 2. The van der Waals surface area contributed by atoms with E-state index >= 15 is 0 Å². The maximum Gasteiger partial charge on any atom is 0.268 e. The number of hydrogen-bond acceptors (Lipinski definition) is 2. The van der Waals surface area contributed by atoms with Crippen LogP contribution in [-0.4, -0.2) is 4.98 Å². The smallest absolute Gasteiger partial charge is 0.244 e. The minimum Gasteiger partial charge on any atom is -0.244 e. The van der Waals surface area contributed by atoms with E-state index in [1.807, 2.05) is 0 Å². The number of aromatic nitrogens is 1. The predicted octanol–water partition coefficient (Wildman–Crippen LogP) is 2.63. The normalized spacial score (nSPS) is 10.2. The molecule has 0 N–H and O–H groups in total. The van der Waals surface area contributed by atoms with Gasteiger partial charge in [-0.25, -0.2) is 18.2 Å². The molecule has 0 saturated heterocycles. The van der Waals surface area contributed by atoms with Crippen LogP contribution < -0.4 is 0 Å². The molecule has 0 radical (unpaired) electrons. The molecule has 0 amide bonds. The molecule has 0 saturated carbocycles. The Morgan fingerprint density at radius 2 is 2.15 bits per heavy atom. The SMILES string of the molecule is N#Cc1ncc(C(F)F)c(F)c1I. The lowest BCUT2D eigenvalue weighted by atomic mass is 10.2. The zero-order valence-electron chi connectivity index (χ0n) is 6.06. The van der Waals surface area contributed by atoms with E-state index in [1.165, 1.54) is 22.6 Å². The van der Waals surface area contributed by atoms with Gasteiger partial charge in [-0.05, 0) is 22.6 Å². The van der Waals surface area contributed by atoms with Crippen molar-refractivity contribution in [1.82, 2.24) is 4.98 Å². The first-order chi connectivity index (χ1) is 6.07. The van der Waals surface area contributed by atoms with Crippen molar-refractivity contribution in [2.45, 2.75) is 6.43 Å². The molecule has 0 fully saturated rings. The van der Waals surface area contributed by atoms with Gasteiger partial charge in [0.25, 0.3) is 6.43 Å². The summed E-state index contributed by atoms with van der Waals surface area (Å²) in [5, 5.41) is 8.40. The van der Waals surface area contributed by atoms with Crippen molar-refractivity contribution >= 4 is 22.6 Å². The van der Waals surface area contributed by atoms with Crippen LogP contribution in [-0.2, 0) is 0 Å². The highest BCUT2D eigenvalue weighted by atomic mass is 127. The largest absolute Gasteiger partial charge is 0.268 e. The summed E-state index contributed by atoms with van der Waals surface area (Å²) >= 11 is 1.47. The fraction of sp³-hybridized carbons (Fsp3) is 0.143. The van der Waals surface area contributed by atoms with Crippen molar-refractivity contribution in [1.29, 1.82) is 5.26 Å². The van der Waals surface area contributed by atoms with E-state index in [1.54, 1.807) is 6.07 Å². The summed E-state index contributed by atoms with van der Waals surface area (Å²) in [4.78, 5) is 3.39. The second-order valence-corrected chi connectivity index (χ2v) is 3.18. The molecular formula is C7H2F3IN2. The molecule has 2 nitrogen and oxygen atoms in total. The number of rotatable bonds is 1. The Balaban J connectivity index is 3.33. The van der Waals surface area contributed by atoms with Gasteiger partial charge in [-0.3, -0.25) is 0 Å². The molecule has 0 unspecified atom stereocenters. The summed E-state index contributed by atoms with van der Waals surface area (Å²) in [6.45, 7) is 0. The molecule has 6 heteroatoms. The summed E-state index contributed by atoms with van der Waals surface area (Å²) in [6.07, 6.45) is -2.23. The van der Waals surface area contributed by atoms with Crippen LogP contribution in [0.3, 0.4) is 0 Å². The number of nitriles is 1. The van der Waals surface area contributed by atoms with E-state index in [4.69, 9.17) is 5.26 Å². The van der Waals surface area contributed by atoms with E-state index in [-0.39, 0.29) is 9.26 Å². The van der Waals surface area contributed by atoms with Gasteiger partial charge in [0.1, 0.15) is 11.9 Å². The van der Waals surface area contributed by atoms with Crippen LogP contribution in [0.15, 0.2) is 6.20 Å². The van der Waals surface area contributed by atoms with Gasteiger partial charge >= 0.3 is 0 Å². The number of halogens is 4. The van der Waals surface area contributed by atoms with Crippen LogP contribution in [0.1, 0.15) is 17.7 Å². The van der Waals surface area contributed by atoms with Gasteiger partial charge in [-0.15, -0.1) is 0 Å². The molecule has 0 aliphatic carbocycles. The maximum absolute atomic E-state index is 13.0. The Hall–Kier alpha value is -0.840. The molecule has 1 heterocycles. The molecule has 1 rings (SSSR count). The van der Waals surface area contributed by atoms with E-state index < -0.39 is 17.8 Å². The molecule has 1 aromatic heterocycles. The number of pyridine rings is 1. The molecule has 0 aromatic carbocycles. The van der Waals surface area contributed by atoms with Crippen molar-refractivity contribution < 1.29 is 13.2 Å². The van der Waals surface area contributed by atoms with Gasteiger partial charge in [0.15, 0.2) is 5.69 Å². The monoisotopic (exact) mass is 298 g/mol. The lowest BCUT2D eigenvalue weighted by Gasteiger charge is -2.02. The molecule has 0 spiro atoms. The van der Waals surface area contributed by atoms with Crippen LogP contribution in [0.4, 0.5) is 13.2 Å². The van der Waals surface area contributed by atoms with E-state index in [9.17, 15) is 13.2 Å². The van der Waals surface area contributed by atoms with Crippen LogP contribution in [0.25, 0.3) is 0 Å². The number of alkyl halides is 2. The second-order valence-electron chi connectivity index (χ2n) is 2.10. The van der Waals surface area contributed by atoms with Crippen molar-refractivity contribution in [2.75, 3.05) is 0 Å². The Labute approximate surface area is 85.5 Å².